The van der Waals surface area contributed by atoms with Crippen LogP contribution >= 0.6 is 27.5 Å². The summed E-state index contributed by atoms with van der Waals surface area (Å²) in [5, 5.41) is 3.67. The van der Waals surface area contributed by atoms with Crippen LogP contribution in [0.4, 0.5) is 11.7 Å². The molecule has 3 N–H and O–H groups in total. The number of nitrogens with two attached hydrogens (primary N) is 1. The summed E-state index contributed by atoms with van der Waals surface area (Å²) in [7, 11) is -3.93. The maximum Gasteiger partial charge on any atom is 0.335 e. The summed E-state index contributed by atoms with van der Waals surface area (Å²) >= 11 is 8.89. The minimum Gasteiger partial charge on any atom is -0.398 e. The van der Waals surface area contributed by atoms with Crippen molar-refractivity contribution in [3.05, 3.63) is 27.5 Å². The van der Waals surface area contributed by atoms with E-state index in [2.05, 4.69) is 30.8 Å². The van der Waals surface area contributed by atoms with E-state index in [9.17, 15) is 8.42 Å². The molecule has 10 heteroatoms. The Morgan fingerprint density at radius 2 is 2.16 bits per heavy atom. The van der Waals surface area contributed by atoms with Crippen LogP contribution in [0.5, 0.6) is 0 Å². The van der Waals surface area contributed by atoms with Crippen molar-refractivity contribution in [3.8, 4) is 0 Å². The SMILES string of the molecule is Cc1noc(NS(=O)(=O)c2cc(Cl)cc(N)c2Br)n1. The Hall–Kier alpha value is -1.32. The van der Waals surface area contributed by atoms with Crippen LogP contribution in [0, 0.1) is 6.92 Å². The van der Waals surface area contributed by atoms with E-state index in [4.69, 9.17) is 21.9 Å². The summed E-state index contributed by atoms with van der Waals surface area (Å²) < 4.78 is 31.3. The van der Waals surface area contributed by atoms with Crippen molar-refractivity contribution in [2.75, 3.05) is 10.5 Å². The number of halogens is 2. The van der Waals surface area contributed by atoms with Gasteiger partial charge in [0, 0.05) is 10.7 Å². The molecule has 0 unspecified atom stereocenters. The topological polar surface area (TPSA) is 111 Å². The molecule has 19 heavy (non-hydrogen) atoms. The van der Waals surface area contributed by atoms with E-state index < -0.39 is 10.0 Å². The molecule has 0 amide bonds. The lowest BCUT2D eigenvalue weighted by Crippen LogP contribution is -2.14. The Kier molecular flexibility index (Phi) is 3.70. The summed E-state index contributed by atoms with van der Waals surface area (Å²) in [6.45, 7) is 1.56. The lowest BCUT2D eigenvalue weighted by atomic mass is 10.3. The van der Waals surface area contributed by atoms with Gasteiger partial charge >= 0.3 is 6.01 Å². The number of hydrogen-bond acceptors (Lipinski definition) is 6. The molecule has 2 aromatic rings. The zero-order valence-corrected chi connectivity index (χ0v) is 12.7. The second-order valence-electron chi connectivity index (χ2n) is 3.56. The normalized spacial score (nSPS) is 11.5. The van der Waals surface area contributed by atoms with Gasteiger partial charge in [0.1, 0.15) is 4.90 Å². The van der Waals surface area contributed by atoms with E-state index in [1.807, 2.05) is 0 Å². The molecular weight excluding hydrogens is 360 g/mol. The number of nitrogens with zero attached hydrogens (tertiary/aromatic N) is 2. The smallest absolute Gasteiger partial charge is 0.335 e. The molecule has 0 aliphatic rings. The van der Waals surface area contributed by atoms with E-state index in [-0.39, 0.29) is 26.1 Å². The molecular formula is C9H8BrClN4O3S. The predicted octanol–water partition coefficient (Wildman–Crippen LogP) is 2.18. The number of anilines is 2. The molecule has 2 rings (SSSR count). The quantitative estimate of drug-likeness (QED) is 0.804. The molecule has 0 aliphatic carbocycles. The lowest BCUT2D eigenvalue weighted by molar-refractivity contribution is 0.429. The van der Waals surface area contributed by atoms with E-state index in [0.29, 0.717) is 5.82 Å². The van der Waals surface area contributed by atoms with Crippen LogP contribution in [-0.4, -0.2) is 18.6 Å². The van der Waals surface area contributed by atoms with Crippen LogP contribution in [0.3, 0.4) is 0 Å². The van der Waals surface area contributed by atoms with Crippen LogP contribution in [0.15, 0.2) is 26.0 Å². The van der Waals surface area contributed by atoms with Gasteiger partial charge in [-0.2, -0.15) is 4.98 Å². The number of nitrogens with one attached hydrogen (secondary N) is 1. The average Bonchev–Trinajstić information content (AvgIpc) is 2.68. The Balaban J connectivity index is 2.45. The number of aromatic nitrogens is 2. The first-order valence-electron chi connectivity index (χ1n) is 4.87. The van der Waals surface area contributed by atoms with Crippen LogP contribution in [0.2, 0.25) is 5.02 Å². The van der Waals surface area contributed by atoms with E-state index in [1.54, 1.807) is 6.92 Å². The van der Waals surface area contributed by atoms with Gasteiger partial charge < -0.3 is 10.3 Å². The van der Waals surface area contributed by atoms with Gasteiger partial charge in [0.25, 0.3) is 10.0 Å². The Labute approximate surface area is 122 Å². The number of rotatable bonds is 3. The van der Waals surface area contributed by atoms with E-state index in [1.165, 1.54) is 12.1 Å². The molecule has 1 aromatic carbocycles. The first-order valence-corrected chi connectivity index (χ1v) is 7.52. The second-order valence-corrected chi connectivity index (χ2v) is 6.44. The van der Waals surface area contributed by atoms with Gasteiger partial charge in [-0.25, -0.2) is 13.1 Å². The average molecular weight is 368 g/mol. The van der Waals surface area contributed by atoms with Crippen molar-refractivity contribution in [3.63, 3.8) is 0 Å². The lowest BCUT2D eigenvalue weighted by Gasteiger charge is -2.08. The van der Waals surface area contributed by atoms with Gasteiger partial charge in [0.05, 0.1) is 4.47 Å². The van der Waals surface area contributed by atoms with E-state index in [0.717, 1.165) is 0 Å². The van der Waals surface area contributed by atoms with E-state index >= 15 is 0 Å². The molecule has 1 aromatic heterocycles. The van der Waals surface area contributed by atoms with Crippen LogP contribution < -0.4 is 10.5 Å². The molecule has 0 saturated carbocycles. The minimum absolute atomic E-state index is 0.117. The first-order chi connectivity index (χ1) is 8.79. The summed E-state index contributed by atoms with van der Waals surface area (Å²) in [4.78, 5) is 3.63. The predicted molar refractivity (Wildman–Crippen MR) is 73.4 cm³/mol. The van der Waals surface area contributed by atoms with Crippen LogP contribution in [0.25, 0.3) is 0 Å². The summed E-state index contributed by atoms with van der Waals surface area (Å²) in [6.07, 6.45) is 0. The zero-order valence-electron chi connectivity index (χ0n) is 9.52. The third kappa shape index (κ3) is 2.99. The van der Waals surface area contributed by atoms with Gasteiger partial charge in [0.15, 0.2) is 5.82 Å². The fraction of sp³-hybridized carbons (Fsp3) is 0.111. The van der Waals surface area contributed by atoms with Crippen molar-refractivity contribution in [2.24, 2.45) is 0 Å². The third-order valence-corrected chi connectivity index (χ3v) is 4.78. The van der Waals surface area contributed by atoms with Gasteiger partial charge in [0.2, 0.25) is 0 Å². The standard InChI is InChI=1S/C9H8BrClN4O3S/c1-4-13-9(18-14-4)15-19(16,17)7-3-5(11)2-6(12)8(7)10/h2-3H,12H2,1H3,(H,13,14,15). The fourth-order valence-corrected chi connectivity index (χ4v) is 3.51. The second kappa shape index (κ2) is 4.99. The molecule has 0 saturated heterocycles. The number of benzene rings is 1. The molecule has 0 bridgehead atoms. The van der Waals surface area contributed by atoms with Gasteiger partial charge in [-0.15, -0.1) is 0 Å². The molecule has 0 fully saturated rings. The maximum absolute atomic E-state index is 12.2. The minimum atomic E-state index is -3.93. The highest BCUT2D eigenvalue weighted by Gasteiger charge is 2.22. The van der Waals surface area contributed by atoms with Crippen LogP contribution in [0.1, 0.15) is 5.82 Å². The molecule has 7 nitrogen and oxygen atoms in total. The first kappa shape index (κ1) is 14.1. The molecule has 1 heterocycles. The molecule has 0 spiro atoms. The van der Waals surface area contributed by atoms with Crippen molar-refractivity contribution in [2.45, 2.75) is 11.8 Å². The summed E-state index contributed by atoms with van der Waals surface area (Å²) in [5.74, 6) is 0.308. The van der Waals surface area contributed by atoms with Crippen molar-refractivity contribution < 1.29 is 12.9 Å². The highest BCUT2D eigenvalue weighted by Crippen LogP contribution is 2.32. The third-order valence-electron chi connectivity index (χ3n) is 2.07. The van der Waals surface area contributed by atoms with Crippen molar-refractivity contribution in [1.29, 1.82) is 0 Å². The highest BCUT2D eigenvalue weighted by atomic mass is 79.9. The number of aryl methyl sites for hydroxylation is 1. The summed E-state index contributed by atoms with van der Waals surface area (Å²) in [6, 6.07) is 2.46. The molecule has 0 atom stereocenters. The van der Waals surface area contributed by atoms with Gasteiger partial charge in [-0.3, -0.25) is 0 Å². The largest absolute Gasteiger partial charge is 0.398 e. The molecule has 0 radical (unpaired) electrons. The Bertz CT molecular complexity index is 731. The van der Waals surface area contributed by atoms with Crippen LogP contribution in [-0.2, 0) is 10.0 Å². The monoisotopic (exact) mass is 366 g/mol. The fourth-order valence-electron chi connectivity index (χ4n) is 1.29. The number of nitrogen functional groups attached to an aromatic ring is 1. The number of hydrogen-bond donors (Lipinski definition) is 2. The number of sulfonamides is 1. The zero-order chi connectivity index (χ0) is 14.2. The Morgan fingerprint density at radius 3 is 2.74 bits per heavy atom. The maximum atomic E-state index is 12.2. The molecule has 0 aliphatic heterocycles. The van der Waals surface area contributed by atoms with Gasteiger partial charge in [-0.1, -0.05) is 16.8 Å². The Morgan fingerprint density at radius 1 is 1.47 bits per heavy atom. The molecule has 102 valence electrons. The highest BCUT2D eigenvalue weighted by molar-refractivity contribution is 9.10. The van der Waals surface area contributed by atoms with Gasteiger partial charge in [-0.05, 0) is 35.0 Å². The van der Waals surface area contributed by atoms with Crippen molar-refractivity contribution >= 4 is 49.3 Å². The van der Waals surface area contributed by atoms with Crippen molar-refractivity contribution in [1.82, 2.24) is 10.1 Å². The summed E-state index contributed by atoms with van der Waals surface area (Å²) in [5.41, 5.74) is 5.84.